The average molecular weight is 262 g/mol. The lowest BCUT2D eigenvalue weighted by Crippen LogP contribution is -2.29. The van der Waals surface area contributed by atoms with Gasteiger partial charge in [-0.3, -0.25) is 0 Å². The van der Waals surface area contributed by atoms with Crippen LogP contribution in [0.5, 0.6) is 0 Å². The summed E-state index contributed by atoms with van der Waals surface area (Å²) in [4.78, 5) is 2.71. The van der Waals surface area contributed by atoms with Crippen LogP contribution in [0.25, 0.3) is 0 Å². The molecule has 1 rings (SSSR count). The molecule has 2 heteroatoms. The highest BCUT2D eigenvalue weighted by Gasteiger charge is 2.27. The summed E-state index contributed by atoms with van der Waals surface area (Å²) < 4.78 is 0. The normalized spacial score (nSPS) is 16.9. The largest absolute Gasteiger partial charge is 0.300 e. The predicted octanol–water partition coefficient (Wildman–Crippen LogP) is 3.67. The third-order valence-corrected chi connectivity index (χ3v) is 3.45. The van der Waals surface area contributed by atoms with Gasteiger partial charge in [0.2, 0.25) is 0 Å². The zero-order valence-electron chi connectivity index (χ0n) is 9.64. The van der Waals surface area contributed by atoms with Crippen LogP contribution in [0.15, 0.2) is 0 Å². The van der Waals surface area contributed by atoms with Gasteiger partial charge in [-0.2, -0.15) is 0 Å². The zero-order chi connectivity index (χ0) is 10.4. The molecule has 0 aromatic heterocycles. The Bertz CT molecular complexity index is 143. The van der Waals surface area contributed by atoms with Crippen LogP contribution in [-0.4, -0.2) is 29.4 Å². The second-order valence-corrected chi connectivity index (χ2v) is 5.64. The molecule has 14 heavy (non-hydrogen) atoms. The molecule has 0 radical (unpaired) electrons. The Hall–Kier alpha value is 0.440. The Morgan fingerprint density at radius 1 is 1.21 bits per heavy atom. The zero-order valence-corrected chi connectivity index (χ0v) is 11.2. The summed E-state index contributed by atoms with van der Waals surface area (Å²) in [7, 11) is 0. The van der Waals surface area contributed by atoms with Gasteiger partial charge in [-0.15, -0.1) is 0 Å². The van der Waals surface area contributed by atoms with Crippen molar-refractivity contribution in [2.75, 3.05) is 18.4 Å². The van der Waals surface area contributed by atoms with Crippen molar-refractivity contribution in [2.45, 2.75) is 52.0 Å². The molecule has 0 aromatic rings. The van der Waals surface area contributed by atoms with Crippen molar-refractivity contribution in [1.29, 1.82) is 0 Å². The van der Waals surface area contributed by atoms with E-state index in [1.807, 2.05) is 0 Å². The van der Waals surface area contributed by atoms with E-state index in [0.29, 0.717) is 0 Å². The summed E-state index contributed by atoms with van der Waals surface area (Å²) in [6.45, 7) is 7.29. The van der Waals surface area contributed by atoms with Gasteiger partial charge in [0, 0.05) is 11.4 Å². The minimum atomic E-state index is 0.854. The topological polar surface area (TPSA) is 3.24 Å². The van der Waals surface area contributed by atoms with Gasteiger partial charge in [-0.05, 0) is 51.1 Å². The van der Waals surface area contributed by atoms with Crippen LogP contribution < -0.4 is 0 Å². The van der Waals surface area contributed by atoms with Crippen LogP contribution >= 0.6 is 15.9 Å². The van der Waals surface area contributed by atoms with Crippen LogP contribution in [-0.2, 0) is 0 Å². The third-order valence-electron chi connectivity index (χ3n) is 2.89. The summed E-state index contributed by atoms with van der Waals surface area (Å²) in [6.07, 6.45) is 6.95. The summed E-state index contributed by atoms with van der Waals surface area (Å²) in [6, 6.07) is 0.948. The smallest absolute Gasteiger partial charge is 0.00964 e. The number of unbranched alkanes of at least 4 members (excludes halogenated alkanes) is 1. The van der Waals surface area contributed by atoms with Gasteiger partial charge in [0.15, 0.2) is 0 Å². The summed E-state index contributed by atoms with van der Waals surface area (Å²) in [5.74, 6) is 0.854. The molecule has 1 saturated carbocycles. The van der Waals surface area contributed by atoms with E-state index in [9.17, 15) is 0 Å². The first kappa shape index (κ1) is 12.5. The van der Waals surface area contributed by atoms with E-state index in [1.165, 1.54) is 45.2 Å². The van der Waals surface area contributed by atoms with E-state index >= 15 is 0 Å². The van der Waals surface area contributed by atoms with Crippen molar-refractivity contribution in [2.24, 2.45) is 5.92 Å². The SMILES string of the molecule is CC(C)CCN(CCCCBr)C1CC1. The molecular formula is C12H24BrN. The van der Waals surface area contributed by atoms with Gasteiger partial charge >= 0.3 is 0 Å². The van der Waals surface area contributed by atoms with E-state index in [4.69, 9.17) is 0 Å². The second kappa shape index (κ2) is 6.84. The van der Waals surface area contributed by atoms with E-state index in [0.717, 1.165) is 17.3 Å². The molecule has 1 nitrogen and oxygen atoms in total. The van der Waals surface area contributed by atoms with Crippen molar-refractivity contribution < 1.29 is 0 Å². The maximum Gasteiger partial charge on any atom is 0.00964 e. The number of halogens is 1. The van der Waals surface area contributed by atoms with Crippen LogP contribution in [0.3, 0.4) is 0 Å². The van der Waals surface area contributed by atoms with Gasteiger partial charge in [-0.1, -0.05) is 29.8 Å². The predicted molar refractivity (Wildman–Crippen MR) is 67.1 cm³/mol. The highest BCUT2D eigenvalue weighted by Crippen LogP contribution is 2.27. The second-order valence-electron chi connectivity index (χ2n) is 4.85. The highest BCUT2D eigenvalue weighted by molar-refractivity contribution is 9.09. The fourth-order valence-electron chi connectivity index (χ4n) is 1.75. The van der Waals surface area contributed by atoms with Crippen molar-refractivity contribution in [3.05, 3.63) is 0 Å². The molecule has 0 aliphatic heterocycles. The lowest BCUT2D eigenvalue weighted by Gasteiger charge is -2.22. The molecule has 0 aromatic carbocycles. The quantitative estimate of drug-likeness (QED) is 0.476. The van der Waals surface area contributed by atoms with E-state index < -0.39 is 0 Å². The van der Waals surface area contributed by atoms with Crippen LogP contribution in [0.1, 0.15) is 46.0 Å². The van der Waals surface area contributed by atoms with E-state index in [1.54, 1.807) is 0 Å². The Balaban J connectivity index is 2.11. The van der Waals surface area contributed by atoms with E-state index in [-0.39, 0.29) is 0 Å². The number of hydrogen-bond acceptors (Lipinski definition) is 1. The van der Waals surface area contributed by atoms with Crippen molar-refractivity contribution >= 4 is 15.9 Å². The number of hydrogen-bond donors (Lipinski definition) is 0. The molecule has 1 aliphatic carbocycles. The minimum absolute atomic E-state index is 0.854. The van der Waals surface area contributed by atoms with Crippen LogP contribution in [0.4, 0.5) is 0 Å². The Morgan fingerprint density at radius 2 is 1.93 bits per heavy atom. The monoisotopic (exact) mass is 261 g/mol. The van der Waals surface area contributed by atoms with E-state index in [2.05, 4.69) is 34.7 Å². The Morgan fingerprint density at radius 3 is 2.43 bits per heavy atom. The van der Waals surface area contributed by atoms with Gasteiger partial charge in [0.05, 0.1) is 0 Å². The fourth-order valence-corrected chi connectivity index (χ4v) is 2.15. The van der Waals surface area contributed by atoms with Crippen molar-refractivity contribution in [3.63, 3.8) is 0 Å². The highest BCUT2D eigenvalue weighted by atomic mass is 79.9. The van der Waals surface area contributed by atoms with Gasteiger partial charge in [0.25, 0.3) is 0 Å². The average Bonchev–Trinajstić information content (AvgIpc) is 2.94. The van der Waals surface area contributed by atoms with Crippen molar-refractivity contribution in [3.8, 4) is 0 Å². The summed E-state index contributed by atoms with van der Waals surface area (Å²) in [5.41, 5.74) is 0. The first-order valence-electron chi connectivity index (χ1n) is 6.04. The first-order valence-corrected chi connectivity index (χ1v) is 7.16. The molecule has 1 aliphatic rings. The summed E-state index contributed by atoms with van der Waals surface area (Å²) in [5, 5.41) is 1.16. The molecule has 0 heterocycles. The first-order chi connectivity index (χ1) is 6.74. The summed E-state index contributed by atoms with van der Waals surface area (Å²) >= 11 is 3.50. The number of nitrogens with zero attached hydrogens (tertiary/aromatic N) is 1. The lowest BCUT2D eigenvalue weighted by atomic mass is 10.1. The molecule has 0 bridgehead atoms. The molecule has 0 atom stereocenters. The standard InChI is InChI=1S/C12H24BrN/c1-11(2)7-10-14(12-5-6-12)9-4-3-8-13/h11-12H,3-10H2,1-2H3. The molecule has 84 valence electrons. The molecular weight excluding hydrogens is 238 g/mol. The third kappa shape index (κ3) is 5.35. The number of alkyl halides is 1. The number of rotatable bonds is 8. The minimum Gasteiger partial charge on any atom is -0.300 e. The molecule has 0 amide bonds. The van der Waals surface area contributed by atoms with Gasteiger partial charge in [-0.25, -0.2) is 0 Å². The maximum absolute atomic E-state index is 3.50. The van der Waals surface area contributed by atoms with Gasteiger partial charge < -0.3 is 4.90 Å². The molecule has 0 saturated heterocycles. The lowest BCUT2D eigenvalue weighted by molar-refractivity contribution is 0.244. The Kier molecular flexibility index (Phi) is 6.11. The molecule has 0 unspecified atom stereocenters. The maximum atomic E-state index is 3.50. The molecule has 0 spiro atoms. The molecule has 1 fully saturated rings. The molecule has 0 N–H and O–H groups in total. The van der Waals surface area contributed by atoms with Crippen LogP contribution in [0.2, 0.25) is 0 Å². The van der Waals surface area contributed by atoms with Crippen LogP contribution in [0, 0.1) is 5.92 Å². The fraction of sp³-hybridized carbons (Fsp3) is 1.00. The van der Waals surface area contributed by atoms with Gasteiger partial charge in [0.1, 0.15) is 0 Å². The van der Waals surface area contributed by atoms with Crippen molar-refractivity contribution in [1.82, 2.24) is 4.90 Å². The Labute approximate surface area is 97.4 Å².